The van der Waals surface area contributed by atoms with E-state index in [4.69, 9.17) is 16.2 Å². The number of methoxy groups -OCH3 is 1. The zero-order valence-electron chi connectivity index (χ0n) is 11.1. The van der Waals surface area contributed by atoms with Crippen molar-refractivity contribution in [1.29, 1.82) is 0 Å². The lowest BCUT2D eigenvalue weighted by molar-refractivity contribution is 0.413. The molecule has 0 amide bonds. The summed E-state index contributed by atoms with van der Waals surface area (Å²) in [5, 5.41) is 0. The summed E-state index contributed by atoms with van der Waals surface area (Å²) in [4.78, 5) is 0. The Balaban J connectivity index is 2.78. The summed E-state index contributed by atoms with van der Waals surface area (Å²) < 4.78 is 5.21. The maximum absolute atomic E-state index is 5.69. The molecule has 3 nitrogen and oxygen atoms in total. The minimum atomic E-state index is 0.409. The summed E-state index contributed by atoms with van der Waals surface area (Å²) in [5.74, 6) is 1.80. The lowest BCUT2D eigenvalue weighted by atomic mass is 9.88. The quantitative estimate of drug-likeness (QED) is 0.794. The number of hydrogen-bond donors (Lipinski definition) is 2. The SMILES string of the molecule is COc1ccc(C(C)CC(CN)CN)c(C)c1. The van der Waals surface area contributed by atoms with E-state index in [1.54, 1.807) is 7.11 Å². The zero-order chi connectivity index (χ0) is 12.8. The highest BCUT2D eigenvalue weighted by Crippen LogP contribution is 2.28. The first-order chi connectivity index (χ1) is 8.12. The molecule has 0 aliphatic rings. The Hall–Kier alpha value is -1.06. The van der Waals surface area contributed by atoms with E-state index in [-0.39, 0.29) is 0 Å². The highest BCUT2D eigenvalue weighted by molar-refractivity contribution is 5.36. The molecule has 0 spiro atoms. The summed E-state index contributed by atoms with van der Waals surface area (Å²) in [5.41, 5.74) is 14.0. The van der Waals surface area contributed by atoms with E-state index in [0.29, 0.717) is 24.9 Å². The topological polar surface area (TPSA) is 61.3 Å². The molecule has 1 aromatic carbocycles. The van der Waals surface area contributed by atoms with Crippen molar-refractivity contribution in [3.63, 3.8) is 0 Å². The van der Waals surface area contributed by atoms with Crippen LogP contribution in [-0.4, -0.2) is 20.2 Å². The maximum Gasteiger partial charge on any atom is 0.119 e. The molecular formula is C14H24N2O. The first-order valence-corrected chi connectivity index (χ1v) is 6.17. The molecule has 0 aromatic heterocycles. The van der Waals surface area contributed by atoms with Crippen molar-refractivity contribution in [3.05, 3.63) is 29.3 Å². The third-order valence-electron chi connectivity index (χ3n) is 3.36. The zero-order valence-corrected chi connectivity index (χ0v) is 11.1. The number of rotatable bonds is 6. The van der Waals surface area contributed by atoms with E-state index in [2.05, 4.69) is 26.0 Å². The lowest BCUT2D eigenvalue weighted by Gasteiger charge is -2.20. The van der Waals surface area contributed by atoms with E-state index in [1.165, 1.54) is 11.1 Å². The third-order valence-corrected chi connectivity index (χ3v) is 3.36. The highest BCUT2D eigenvalue weighted by Gasteiger charge is 2.14. The molecule has 0 aliphatic carbocycles. The smallest absolute Gasteiger partial charge is 0.119 e. The van der Waals surface area contributed by atoms with Crippen LogP contribution in [0.5, 0.6) is 5.75 Å². The maximum atomic E-state index is 5.69. The largest absolute Gasteiger partial charge is 0.497 e. The number of aryl methyl sites for hydroxylation is 1. The summed E-state index contributed by atoms with van der Waals surface area (Å²) >= 11 is 0. The van der Waals surface area contributed by atoms with Crippen molar-refractivity contribution in [2.24, 2.45) is 17.4 Å². The van der Waals surface area contributed by atoms with Gasteiger partial charge in [0.2, 0.25) is 0 Å². The summed E-state index contributed by atoms with van der Waals surface area (Å²) in [7, 11) is 1.69. The molecule has 0 radical (unpaired) electrons. The van der Waals surface area contributed by atoms with Crippen molar-refractivity contribution in [1.82, 2.24) is 0 Å². The summed E-state index contributed by atoms with van der Waals surface area (Å²) in [6.45, 7) is 5.67. The van der Waals surface area contributed by atoms with E-state index < -0.39 is 0 Å². The van der Waals surface area contributed by atoms with Crippen molar-refractivity contribution >= 4 is 0 Å². The fourth-order valence-electron chi connectivity index (χ4n) is 2.24. The number of ether oxygens (including phenoxy) is 1. The van der Waals surface area contributed by atoms with Gasteiger partial charge < -0.3 is 16.2 Å². The normalized spacial score (nSPS) is 12.8. The Labute approximate surface area is 104 Å². The van der Waals surface area contributed by atoms with Gasteiger partial charge in [-0.1, -0.05) is 13.0 Å². The number of benzene rings is 1. The van der Waals surface area contributed by atoms with Crippen molar-refractivity contribution < 1.29 is 4.74 Å². The Morgan fingerprint density at radius 1 is 1.24 bits per heavy atom. The van der Waals surface area contributed by atoms with Crippen molar-refractivity contribution in [3.8, 4) is 5.75 Å². The van der Waals surface area contributed by atoms with Crippen LogP contribution in [0.2, 0.25) is 0 Å². The molecule has 1 atom stereocenters. The van der Waals surface area contributed by atoms with Crippen molar-refractivity contribution in [2.45, 2.75) is 26.2 Å². The van der Waals surface area contributed by atoms with Crippen molar-refractivity contribution in [2.75, 3.05) is 20.2 Å². The van der Waals surface area contributed by atoms with Gasteiger partial charge in [0, 0.05) is 0 Å². The van der Waals surface area contributed by atoms with Gasteiger partial charge in [-0.15, -0.1) is 0 Å². The Bertz CT molecular complexity index is 348. The minimum Gasteiger partial charge on any atom is -0.497 e. The van der Waals surface area contributed by atoms with E-state index in [9.17, 15) is 0 Å². The molecule has 0 aliphatic heterocycles. The average molecular weight is 236 g/mol. The fraction of sp³-hybridized carbons (Fsp3) is 0.571. The molecule has 1 rings (SSSR count). The van der Waals surface area contributed by atoms with Gasteiger partial charge in [-0.2, -0.15) is 0 Å². The predicted octanol–water partition coefficient (Wildman–Crippen LogP) is 2.03. The monoisotopic (exact) mass is 236 g/mol. The lowest BCUT2D eigenvalue weighted by Crippen LogP contribution is -2.24. The third kappa shape index (κ3) is 3.72. The fourth-order valence-corrected chi connectivity index (χ4v) is 2.24. The van der Waals surface area contributed by atoms with Crippen LogP contribution in [0.25, 0.3) is 0 Å². The van der Waals surface area contributed by atoms with Crippen LogP contribution in [0, 0.1) is 12.8 Å². The van der Waals surface area contributed by atoms with Gasteiger partial charge >= 0.3 is 0 Å². The van der Waals surface area contributed by atoms with Crippen LogP contribution in [0.15, 0.2) is 18.2 Å². The first kappa shape index (κ1) is 14.0. The van der Waals surface area contributed by atoms with E-state index >= 15 is 0 Å². The Kier molecular flexibility index (Phi) is 5.45. The molecule has 0 heterocycles. The molecule has 4 N–H and O–H groups in total. The molecule has 3 heteroatoms. The predicted molar refractivity (Wildman–Crippen MR) is 72.4 cm³/mol. The molecule has 1 unspecified atom stereocenters. The Morgan fingerprint density at radius 2 is 1.88 bits per heavy atom. The van der Waals surface area contributed by atoms with Crippen LogP contribution < -0.4 is 16.2 Å². The Morgan fingerprint density at radius 3 is 2.35 bits per heavy atom. The van der Waals surface area contributed by atoms with E-state index in [0.717, 1.165) is 12.2 Å². The van der Waals surface area contributed by atoms with Gasteiger partial charge in [0.1, 0.15) is 5.75 Å². The number of hydrogen-bond acceptors (Lipinski definition) is 3. The van der Waals surface area contributed by atoms with Crippen LogP contribution in [0.3, 0.4) is 0 Å². The molecule has 17 heavy (non-hydrogen) atoms. The van der Waals surface area contributed by atoms with Gasteiger partial charge in [-0.3, -0.25) is 0 Å². The molecule has 0 saturated heterocycles. The second-order valence-electron chi connectivity index (χ2n) is 4.70. The number of nitrogens with two attached hydrogens (primary N) is 2. The molecule has 0 bridgehead atoms. The molecule has 0 saturated carbocycles. The van der Waals surface area contributed by atoms with Gasteiger partial charge in [0.05, 0.1) is 7.11 Å². The van der Waals surface area contributed by atoms with Gasteiger partial charge in [-0.25, -0.2) is 0 Å². The molecule has 1 aromatic rings. The first-order valence-electron chi connectivity index (χ1n) is 6.17. The van der Waals surface area contributed by atoms with Crippen LogP contribution >= 0.6 is 0 Å². The van der Waals surface area contributed by atoms with Gasteiger partial charge in [-0.05, 0) is 61.5 Å². The summed E-state index contributed by atoms with van der Waals surface area (Å²) in [6, 6.07) is 6.23. The average Bonchev–Trinajstić information content (AvgIpc) is 2.35. The molecule has 96 valence electrons. The molecular weight excluding hydrogens is 212 g/mol. The van der Waals surface area contributed by atoms with Gasteiger partial charge in [0.15, 0.2) is 0 Å². The van der Waals surface area contributed by atoms with Crippen LogP contribution in [0.1, 0.15) is 30.4 Å². The second-order valence-corrected chi connectivity index (χ2v) is 4.70. The molecule has 0 fully saturated rings. The highest BCUT2D eigenvalue weighted by atomic mass is 16.5. The van der Waals surface area contributed by atoms with Crippen LogP contribution in [0.4, 0.5) is 0 Å². The minimum absolute atomic E-state index is 0.409. The standard InChI is InChI=1S/C14H24N2O/c1-10(6-12(8-15)9-16)14-5-4-13(17-3)7-11(14)2/h4-5,7,10,12H,6,8-9,15-16H2,1-3H3. The van der Waals surface area contributed by atoms with Gasteiger partial charge in [0.25, 0.3) is 0 Å². The summed E-state index contributed by atoms with van der Waals surface area (Å²) in [6.07, 6.45) is 1.04. The van der Waals surface area contributed by atoms with Crippen LogP contribution in [-0.2, 0) is 0 Å². The second kappa shape index (κ2) is 6.62. The van der Waals surface area contributed by atoms with E-state index in [1.807, 2.05) is 6.07 Å².